The summed E-state index contributed by atoms with van der Waals surface area (Å²) < 4.78 is 13.6. The molecule has 11 heteroatoms. The second-order valence-corrected chi connectivity index (χ2v) is 17.2. The normalized spacial score (nSPS) is 31.2. The van der Waals surface area contributed by atoms with Crippen molar-refractivity contribution in [3.05, 3.63) is 94.5 Å². The molecule has 2 saturated heterocycles. The molecule has 3 amide bonds. The van der Waals surface area contributed by atoms with E-state index in [9.17, 15) is 14.7 Å². The number of likely N-dealkylation sites (tertiary alicyclic amines) is 1. The predicted octanol–water partition coefficient (Wildman–Crippen LogP) is 5.78. The van der Waals surface area contributed by atoms with Gasteiger partial charge in [0, 0.05) is 23.0 Å². The Morgan fingerprint density at radius 2 is 1.60 bits per heavy atom. The molecule has 2 aromatic rings. The van der Waals surface area contributed by atoms with Gasteiger partial charge >= 0.3 is 5.97 Å². The van der Waals surface area contributed by atoms with E-state index in [-0.39, 0.29) is 30.2 Å². The third kappa shape index (κ3) is 6.99. The highest BCUT2D eigenvalue weighted by Crippen LogP contribution is 2.60. The van der Waals surface area contributed by atoms with Crippen molar-refractivity contribution in [3.8, 4) is 0 Å². The number of carbonyl (C=O) groups is 4. The van der Waals surface area contributed by atoms with Crippen LogP contribution >= 0.6 is 15.9 Å². The molecule has 0 aliphatic carbocycles. The monoisotopic (exact) mass is 775 g/mol. The number of benzene rings is 2. The number of aliphatic hydroxyl groups excluding tert-OH is 1. The summed E-state index contributed by atoms with van der Waals surface area (Å²) >= 11 is 3.65. The molecule has 0 radical (unpaired) electrons. The van der Waals surface area contributed by atoms with Gasteiger partial charge < -0.3 is 29.7 Å². The fraction of sp³-hybridized carbons (Fsp3) is 0.512. The first kappa shape index (κ1) is 37.9. The number of halogens is 1. The van der Waals surface area contributed by atoms with Gasteiger partial charge in [-0.3, -0.25) is 19.2 Å². The van der Waals surface area contributed by atoms with Crippen molar-refractivity contribution in [2.45, 2.75) is 102 Å². The molecule has 2 fully saturated rings. The van der Waals surface area contributed by atoms with Gasteiger partial charge in [-0.05, 0) is 56.2 Å². The molecule has 0 aromatic heterocycles. The Balaban J connectivity index is 1.53. The molecule has 1 spiro atoms. The Bertz CT molecular complexity index is 1740. The molecule has 2 aromatic carbocycles. The number of ether oxygens (including phenoxy) is 2. The van der Waals surface area contributed by atoms with Gasteiger partial charge in [0.25, 0.3) is 0 Å². The van der Waals surface area contributed by atoms with Crippen molar-refractivity contribution in [3.63, 3.8) is 0 Å². The van der Waals surface area contributed by atoms with Crippen LogP contribution in [0.25, 0.3) is 0 Å². The average molecular weight is 777 g/mol. The van der Waals surface area contributed by atoms with Crippen LogP contribution in [0, 0.1) is 17.3 Å². The van der Waals surface area contributed by atoms with E-state index in [0.717, 1.165) is 0 Å². The lowest BCUT2D eigenvalue weighted by Crippen LogP contribution is -2.61. The second kappa shape index (κ2) is 14.6. The maximum atomic E-state index is 15.5. The fourth-order valence-corrected chi connectivity index (χ4v) is 9.70. The largest absolute Gasteiger partial charge is 0.455 e. The Hall–Kier alpha value is -3.80. The number of hydrogen-bond acceptors (Lipinski definition) is 7. The molecule has 4 aliphatic rings. The number of allylic oxidation sites excluding steroid dienone is 1. The van der Waals surface area contributed by atoms with Gasteiger partial charge in [-0.1, -0.05) is 110 Å². The Kier molecular flexibility index (Phi) is 10.6. The molecule has 4 aliphatic heterocycles. The van der Waals surface area contributed by atoms with Crippen LogP contribution in [0.1, 0.15) is 84.1 Å². The molecular weight excluding hydrogens is 726 g/mol. The second-order valence-electron chi connectivity index (χ2n) is 16.3. The molecule has 10 nitrogen and oxygen atoms in total. The molecular formula is C41H50BrN3O7. The van der Waals surface area contributed by atoms with Gasteiger partial charge in [-0.15, -0.1) is 0 Å². The van der Waals surface area contributed by atoms with Gasteiger partial charge in [-0.2, -0.15) is 0 Å². The minimum absolute atomic E-state index is 0.158. The van der Waals surface area contributed by atoms with Crippen LogP contribution in [0.5, 0.6) is 0 Å². The summed E-state index contributed by atoms with van der Waals surface area (Å²) in [7, 11) is 0. The molecule has 0 unspecified atom stereocenters. The van der Waals surface area contributed by atoms with Crippen LogP contribution < -0.4 is 5.32 Å². The maximum absolute atomic E-state index is 15.5. The third-order valence-electron chi connectivity index (χ3n) is 10.7. The molecule has 0 saturated carbocycles. The fourth-order valence-electron chi connectivity index (χ4n) is 8.97. The highest BCUT2D eigenvalue weighted by Gasteiger charge is 2.76. The summed E-state index contributed by atoms with van der Waals surface area (Å²) in [6.45, 7) is 11.9. The quantitative estimate of drug-likeness (QED) is 0.282. The van der Waals surface area contributed by atoms with Gasteiger partial charge in [0.2, 0.25) is 17.7 Å². The average Bonchev–Trinajstić information content (AvgIpc) is 3.68. The standard InChI is InChI=1S/C41H50BrN3O7/c1-25-33(27-18-12-8-13-19-27)51-38(50)31-32-36(48)45(29(23-46)26-16-10-7-11-17-26)35(41(32)22-28(42)34(31)52-41)37(49)44(40(5,6)24-39(2,3)4)21-15-9-14-20-30(47)43-25/h7-13,15-19,22,25,29,31-35,46H,14,20-21,23-24H2,1-6H3,(H,43,47)/b15-9-/t25-,29+,31+,32-,33+,34+,35+,41-/m0/s1. The highest BCUT2D eigenvalue weighted by atomic mass is 79.9. The SMILES string of the molecule is C[C@@H]1NC(=O)CC/C=C\CN(C(C)(C)CC(C)(C)C)C(=O)[C@H]2N([C@H](CO)c3ccccc3)C(=O)[C@@H]3[C@@H](C(=O)O[C@H]1c1ccccc1)[C@@H]1O[C@@]32C=C1Br. The number of amides is 3. The van der Waals surface area contributed by atoms with Crippen LogP contribution in [0.4, 0.5) is 0 Å². The lowest BCUT2D eigenvalue weighted by molar-refractivity contribution is -0.162. The van der Waals surface area contributed by atoms with Crippen molar-refractivity contribution >= 4 is 39.6 Å². The molecule has 2 N–H and O–H groups in total. The third-order valence-corrected chi connectivity index (χ3v) is 11.4. The molecule has 8 atom stereocenters. The molecule has 6 rings (SSSR count). The molecule has 278 valence electrons. The Labute approximate surface area is 314 Å². The zero-order valence-corrected chi connectivity index (χ0v) is 32.3. The first-order valence-corrected chi connectivity index (χ1v) is 18.9. The van der Waals surface area contributed by atoms with E-state index in [1.165, 1.54) is 4.90 Å². The number of cyclic esters (lactones) is 1. The minimum atomic E-state index is -1.53. The van der Waals surface area contributed by atoms with Crippen LogP contribution in [0.3, 0.4) is 0 Å². The summed E-state index contributed by atoms with van der Waals surface area (Å²) in [4.78, 5) is 61.6. The topological polar surface area (TPSA) is 125 Å². The Morgan fingerprint density at radius 1 is 0.942 bits per heavy atom. The number of aliphatic hydroxyl groups is 1. The molecule has 52 heavy (non-hydrogen) atoms. The molecule has 4 heterocycles. The number of esters is 1. The van der Waals surface area contributed by atoms with Crippen LogP contribution in [0.2, 0.25) is 0 Å². The smallest absolute Gasteiger partial charge is 0.313 e. The first-order valence-electron chi connectivity index (χ1n) is 18.1. The number of nitrogens with one attached hydrogen (secondary N) is 1. The van der Waals surface area contributed by atoms with E-state index in [1.54, 1.807) is 17.9 Å². The van der Waals surface area contributed by atoms with Gasteiger partial charge in [0.1, 0.15) is 29.8 Å². The van der Waals surface area contributed by atoms with E-state index >= 15 is 9.59 Å². The summed E-state index contributed by atoms with van der Waals surface area (Å²) in [6, 6.07) is 15.6. The summed E-state index contributed by atoms with van der Waals surface area (Å²) in [6.07, 6.45) is 5.10. The van der Waals surface area contributed by atoms with Gasteiger partial charge in [0.05, 0.1) is 24.6 Å². The van der Waals surface area contributed by atoms with E-state index in [1.807, 2.05) is 86.7 Å². The lowest BCUT2D eigenvalue weighted by atomic mass is 9.74. The zero-order chi connectivity index (χ0) is 37.6. The lowest BCUT2D eigenvalue weighted by Gasteiger charge is -2.46. The van der Waals surface area contributed by atoms with Crippen LogP contribution in [-0.4, -0.2) is 81.1 Å². The number of carbonyl (C=O) groups excluding carboxylic acids is 4. The van der Waals surface area contributed by atoms with E-state index in [0.29, 0.717) is 28.5 Å². The number of nitrogens with zero attached hydrogens (tertiary/aromatic N) is 2. The molecule has 5 bridgehead atoms. The van der Waals surface area contributed by atoms with Gasteiger partial charge in [0.15, 0.2) is 0 Å². The summed E-state index contributed by atoms with van der Waals surface area (Å²) in [5, 5.41) is 14.0. The van der Waals surface area contributed by atoms with Crippen molar-refractivity contribution in [2.24, 2.45) is 17.3 Å². The highest BCUT2D eigenvalue weighted by molar-refractivity contribution is 9.11. The zero-order valence-electron chi connectivity index (χ0n) is 30.8. The van der Waals surface area contributed by atoms with Gasteiger partial charge in [-0.25, -0.2) is 0 Å². The van der Waals surface area contributed by atoms with Crippen molar-refractivity contribution in [1.82, 2.24) is 15.1 Å². The van der Waals surface area contributed by atoms with Crippen molar-refractivity contribution in [2.75, 3.05) is 13.2 Å². The summed E-state index contributed by atoms with van der Waals surface area (Å²) in [5.41, 5.74) is -1.04. The van der Waals surface area contributed by atoms with E-state index in [4.69, 9.17) is 9.47 Å². The first-order chi connectivity index (χ1) is 24.6. The van der Waals surface area contributed by atoms with Crippen molar-refractivity contribution < 1.29 is 33.8 Å². The van der Waals surface area contributed by atoms with E-state index < -0.39 is 71.8 Å². The van der Waals surface area contributed by atoms with Crippen LogP contribution in [0.15, 0.2) is 83.4 Å². The number of hydrogen-bond donors (Lipinski definition) is 2. The Morgan fingerprint density at radius 3 is 2.23 bits per heavy atom. The van der Waals surface area contributed by atoms with Crippen molar-refractivity contribution in [1.29, 1.82) is 0 Å². The predicted molar refractivity (Wildman–Crippen MR) is 200 cm³/mol. The number of fused-ring (bicyclic) bond motifs is 2. The maximum Gasteiger partial charge on any atom is 0.313 e. The minimum Gasteiger partial charge on any atom is -0.455 e. The number of rotatable bonds is 6. The van der Waals surface area contributed by atoms with Crippen LogP contribution in [-0.2, 0) is 28.7 Å². The summed E-state index contributed by atoms with van der Waals surface area (Å²) in [5.74, 6) is -3.92. The van der Waals surface area contributed by atoms with E-state index in [2.05, 4.69) is 42.0 Å².